The first kappa shape index (κ1) is 9.16. The Morgan fingerprint density at radius 3 is 1.80 bits per heavy atom. The first-order valence-electron chi connectivity index (χ1n) is 1.20. The number of hydrogen-bond donors (Lipinski definition) is 0. The molecule has 0 aliphatic rings. The Kier molecular flexibility index (Phi) is 8.48. The van der Waals surface area contributed by atoms with E-state index < -0.39 is 0 Å². The SMILES string of the molecule is C[C](=O)[Na].O. The Labute approximate surface area is 48.3 Å². The standard InChI is InChI=1S/C2H3O.Na.H2O/c1-2-3;;/h1H3;;1H2. The Morgan fingerprint density at radius 2 is 1.80 bits per heavy atom. The van der Waals surface area contributed by atoms with Crippen LogP contribution in [0.5, 0.6) is 0 Å². The van der Waals surface area contributed by atoms with Crippen molar-refractivity contribution in [3.8, 4) is 0 Å². The van der Waals surface area contributed by atoms with Gasteiger partial charge < -0.3 is 5.48 Å². The summed E-state index contributed by atoms with van der Waals surface area (Å²) < 4.78 is 0.306. The zero-order valence-electron chi connectivity index (χ0n) is 3.41. The van der Waals surface area contributed by atoms with Crippen LogP contribution in [0.3, 0.4) is 0 Å². The van der Waals surface area contributed by atoms with Crippen molar-refractivity contribution in [3.63, 3.8) is 0 Å². The summed E-state index contributed by atoms with van der Waals surface area (Å²) in [6.45, 7) is 1.59. The molecule has 26 valence electrons. The zero-order valence-corrected chi connectivity index (χ0v) is 5.41. The Balaban J connectivity index is 0. The summed E-state index contributed by atoms with van der Waals surface area (Å²) in [6.07, 6.45) is 0. The quantitative estimate of drug-likeness (QED) is 0.343. The molecule has 0 saturated heterocycles. The molecule has 0 aromatic rings. The van der Waals surface area contributed by atoms with Crippen molar-refractivity contribution in [2.45, 2.75) is 6.92 Å². The minimum atomic E-state index is 0. The van der Waals surface area contributed by atoms with Gasteiger partial charge in [0, 0.05) is 0 Å². The van der Waals surface area contributed by atoms with Gasteiger partial charge in [-0.25, -0.2) is 0 Å². The van der Waals surface area contributed by atoms with Crippen molar-refractivity contribution in [3.05, 3.63) is 0 Å². The topological polar surface area (TPSA) is 48.6 Å². The van der Waals surface area contributed by atoms with Gasteiger partial charge in [-0.05, 0) is 0 Å². The van der Waals surface area contributed by atoms with Crippen LogP contribution >= 0.6 is 0 Å². The van der Waals surface area contributed by atoms with Gasteiger partial charge in [-0.1, -0.05) is 0 Å². The molecule has 0 amide bonds. The van der Waals surface area contributed by atoms with Gasteiger partial charge in [0.1, 0.15) is 0 Å². The van der Waals surface area contributed by atoms with E-state index in [1.54, 1.807) is 6.92 Å². The number of carbonyl (C=O) groups excluding carboxylic acids is 1. The fourth-order valence-corrected chi connectivity index (χ4v) is 0. The van der Waals surface area contributed by atoms with Crippen LogP contribution in [-0.2, 0) is 4.79 Å². The molecule has 0 rings (SSSR count). The summed E-state index contributed by atoms with van der Waals surface area (Å²) in [7, 11) is 0. The molecule has 0 saturated carbocycles. The molecule has 0 aliphatic carbocycles. The average Bonchev–Trinajstić information content (AvgIpc) is 0.811. The molecule has 0 radical (unpaired) electrons. The van der Waals surface area contributed by atoms with Gasteiger partial charge in [-0.15, -0.1) is 0 Å². The van der Waals surface area contributed by atoms with Crippen molar-refractivity contribution in [1.82, 2.24) is 0 Å². The molecule has 2 N–H and O–H groups in total. The van der Waals surface area contributed by atoms with Crippen LogP contribution in [0.2, 0.25) is 0 Å². The van der Waals surface area contributed by atoms with Crippen molar-refractivity contribution < 1.29 is 10.3 Å². The number of carbonyl (C=O) groups is 1. The molecule has 0 aliphatic heterocycles. The van der Waals surface area contributed by atoms with Crippen LogP contribution in [0.15, 0.2) is 0 Å². The predicted molar refractivity (Wildman–Crippen MR) is 20.0 cm³/mol. The maximum absolute atomic E-state index is 9.51. The smallest absolute Gasteiger partial charge is 0.412 e. The van der Waals surface area contributed by atoms with Gasteiger partial charge in [-0.3, -0.25) is 0 Å². The average molecular weight is 84.0 g/mol. The van der Waals surface area contributed by atoms with E-state index in [1.807, 2.05) is 0 Å². The van der Waals surface area contributed by atoms with Crippen LogP contribution in [0, 0.1) is 0 Å². The molecular formula is C2H5NaO2. The van der Waals surface area contributed by atoms with Crippen LogP contribution in [-0.4, -0.2) is 36.4 Å². The third-order valence-electron chi connectivity index (χ3n) is 0. The third-order valence-corrected chi connectivity index (χ3v) is 0. The van der Waals surface area contributed by atoms with Crippen molar-refractivity contribution in [2.75, 3.05) is 0 Å². The van der Waals surface area contributed by atoms with E-state index in [-0.39, 0.29) is 5.48 Å². The van der Waals surface area contributed by atoms with Gasteiger partial charge in [-0.2, -0.15) is 0 Å². The molecule has 0 unspecified atom stereocenters. The summed E-state index contributed by atoms with van der Waals surface area (Å²) in [6, 6.07) is 0. The summed E-state index contributed by atoms with van der Waals surface area (Å²) >= 11 is 0.710. The summed E-state index contributed by atoms with van der Waals surface area (Å²) in [5, 5.41) is 0. The van der Waals surface area contributed by atoms with E-state index in [0.29, 0.717) is 31.0 Å². The molecular weight excluding hydrogens is 79.0 g/mol. The van der Waals surface area contributed by atoms with Crippen LogP contribution in [0.4, 0.5) is 0 Å². The van der Waals surface area contributed by atoms with E-state index >= 15 is 0 Å². The molecule has 0 bridgehead atoms. The van der Waals surface area contributed by atoms with Gasteiger partial charge in [0.05, 0.1) is 0 Å². The maximum Gasteiger partial charge on any atom is -0.412 e. The van der Waals surface area contributed by atoms with Gasteiger partial charge in [0.15, 0.2) is 0 Å². The Morgan fingerprint density at radius 1 is 1.80 bits per heavy atom. The fraction of sp³-hybridized carbons (Fsp3) is 0.500. The van der Waals surface area contributed by atoms with E-state index in [1.165, 1.54) is 0 Å². The molecule has 5 heavy (non-hydrogen) atoms. The minimum absolute atomic E-state index is 0. The second-order valence-corrected chi connectivity index (χ2v) is 2.32. The van der Waals surface area contributed by atoms with E-state index in [9.17, 15) is 4.79 Å². The summed E-state index contributed by atoms with van der Waals surface area (Å²) in [5.41, 5.74) is 0. The second-order valence-electron chi connectivity index (χ2n) is 0.908. The molecule has 0 atom stereocenters. The normalized spacial score (nSPS) is 5.40. The number of hydrogen-bond acceptors (Lipinski definition) is 1. The first-order chi connectivity index (χ1) is 1.73. The fourth-order valence-electron chi connectivity index (χ4n) is 0. The number of rotatable bonds is 0. The predicted octanol–water partition coefficient (Wildman–Crippen LogP) is -1.12. The van der Waals surface area contributed by atoms with Crippen LogP contribution in [0.25, 0.3) is 0 Å². The van der Waals surface area contributed by atoms with Crippen molar-refractivity contribution in [2.24, 2.45) is 0 Å². The molecule has 0 heterocycles. The van der Waals surface area contributed by atoms with E-state index in [0.717, 1.165) is 0 Å². The van der Waals surface area contributed by atoms with Gasteiger partial charge in [0.25, 0.3) is 0 Å². The van der Waals surface area contributed by atoms with Crippen molar-refractivity contribution in [1.29, 1.82) is 0 Å². The third kappa shape index (κ3) is 80.7. The second kappa shape index (κ2) is 4.63. The Hall–Kier alpha value is 0.630. The van der Waals surface area contributed by atoms with E-state index in [2.05, 4.69) is 0 Å². The van der Waals surface area contributed by atoms with Crippen LogP contribution in [0.1, 0.15) is 6.92 Å². The summed E-state index contributed by atoms with van der Waals surface area (Å²) in [4.78, 5) is 9.51. The largest absolute Gasteiger partial charge is 0.412 e. The molecule has 0 spiro atoms. The maximum atomic E-state index is 9.51. The zero-order chi connectivity index (χ0) is 3.58. The van der Waals surface area contributed by atoms with Crippen molar-refractivity contribution >= 4 is 31.0 Å². The Bertz CT molecular complexity index is 30.6. The molecule has 2 nitrogen and oxygen atoms in total. The van der Waals surface area contributed by atoms with E-state index in [4.69, 9.17) is 0 Å². The summed E-state index contributed by atoms with van der Waals surface area (Å²) in [5.74, 6) is 0. The monoisotopic (exact) mass is 84.0 g/mol. The molecule has 0 fully saturated rings. The molecule has 0 aromatic carbocycles. The van der Waals surface area contributed by atoms with Gasteiger partial charge >= 0.3 is 42.7 Å². The first-order valence-corrected chi connectivity index (χ1v) is 2.20. The molecule has 0 aromatic heterocycles. The van der Waals surface area contributed by atoms with Gasteiger partial charge in [0.2, 0.25) is 0 Å². The molecule has 3 heteroatoms. The minimum Gasteiger partial charge on any atom is -0.412 e. The van der Waals surface area contributed by atoms with Crippen LogP contribution < -0.4 is 0 Å².